The van der Waals surface area contributed by atoms with Crippen LogP contribution in [0.5, 0.6) is 17.2 Å². The molecule has 2 heterocycles. The van der Waals surface area contributed by atoms with Crippen molar-refractivity contribution in [1.29, 1.82) is 0 Å². The number of carbonyl (C=O) groups is 1. The van der Waals surface area contributed by atoms with E-state index in [0.717, 1.165) is 35.3 Å². The van der Waals surface area contributed by atoms with Crippen molar-refractivity contribution in [3.05, 3.63) is 100 Å². The molecule has 0 bridgehead atoms. The lowest BCUT2D eigenvalue weighted by molar-refractivity contribution is 0.102. The van der Waals surface area contributed by atoms with Gasteiger partial charge in [-0.1, -0.05) is 41.4 Å². The Bertz CT molecular complexity index is 1340. The highest BCUT2D eigenvalue weighted by atomic mass is 35.5. The highest BCUT2D eigenvalue weighted by molar-refractivity contribution is 6.33. The van der Waals surface area contributed by atoms with Crippen molar-refractivity contribution in [2.45, 2.75) is 12.8 Å². The summed E-state index contributed by atoms with van der Waals surface area (Å²) < 4.78 is 11.6. The van der Waals surface area contributed by atoms with Crippen LogP contribution in [0.25, 0.3) is 11.1 Å². The van der Waals surface area contributed by atoms with Crippen LogP contribution in [0.4, 0.5) is 5.82 Å². The van der Waals surface area contributed by atoms with Crippen molar-refractivity contribution in [3.8, 4) is 28.4 Å². The van der Waals surface area contributed by atoms with E-state index in [1.807, 2.05) is 42.5 Å². The summed E-state index contributed by atoms with van der Waals surface area (Å²) in [7, 11) is 0. The number of pyridine rings is 1. The van der Waals surface area contributed by atoms with Crippen LogP contribution in [0.1, 0.15) is 22.3 Å². The molecule has 0 fully saturated rings. The summed E-state index contributed by atoms with van der Waals surface area (Å²) in [6.45, 7) is 0.690. The van der Waals surface area contributed by atoms with E-state index in [-0.39, 0.29) is 5.91 Å². The number of nitrogens with one attached hydrogen (secondary N) is 1. The van der Waals surface area contributed by atoms with Gasteiger partial charge in [-0.2, -0.15) is 0 Å². The van der Waals surface area contributed by atoms with E-state index in [9.17, 15) is 4.79 Å². The highest BCUT2D eigenvalue weighted by Crippen LogP contribution is 2.37. The second-order valence-corrected chi connectivity index (χ2v) is 8.65. The maximum absolute atomic E-state index is 12.7. The zero-order chi connectivity index (χ0) is 23.5. The van der Waals surface area contributed by atoms with E-state index >= 15 is 0 Å². The maximum atomic E-state index is 12.7. The fourth-order valence-electron chi connectivity index (χ4n) is 3.74. The van der Waals surface area contributed by atoms with E-state index in [0.29, 0.717) is 39.5 Å². The lowest BCUT2D eigenvalue weighted by atomic mass is 10.1. The molecule has 1 aliphatic rings. The van der Waals surface area contributed by atoms with Crippen LogP contribution < -0.4 is 14.8 Å². The van der Waals surface area contributed by atoms with Crippen LogP contribution in [0, 0.1) is 0 Å². The number of anilines is 1. The largest absolute Gasteiger partial charge is 0.493 e. The third-order valence-corrected chi connectivity index (χ3v) is 6.12. The monoisotopic (exact) mass is 490 g/mol. The van der Waals surface area contributed by atoms with Crippen LogP contribution >= 0.6 is 23.2 Å². The molecule has 0 radical (unpaired) electrons. The third kappa shape index (κ3) is 4.86. The van der Waals surface area contributed by atoms with Crippen LogP contribution in [0.15, 0.2) is 79.0 Å². The number of hydrogen-bond donors (Lipinski definition) is 1. The van der Waals surface area contributed by atoms with Gasteiger partial charge in [-0.25, -0.2) is 4.98 Å². The zero-order valence-electron chi connectivity index (χ0n) is 18.1. The Labute approximate surface area is 207 Å². The smallest absolute Gasteiger partial charge is 0.256 e. The van der Waals surface area contributed by atoms with Crippen molar-refractivity contribution >= 4 is 34.9 Å². The lowest BCUT2D eigenvalue weighted by Gasteiger charge is -2.19. The maximum Gasteiger partial charge on any atom is 0.256 e. The van der Waals surface area contributed by atoms with Gasteiger partial charge in [-0.15, -0.1) is 0 Å². The van der Waals surface area contributed by atoms with Gasteiger partial charge >= 0.3 is 0 Å². The predicted octanol–water partition coefficient (Wildman–Crippen LogP) is 7.43. The first-order chi connectivity index (χ1) is 16.6. The summed E-state index contributed by atoms with van der Waals surface area (Å²) in [5, 5.41) is 3.97. The second-order valence-electron chi connectivity index (χ2n) is 7.83. The zero-order valence-corrected chi connectivity index (χ0v) is 19.6. The van der Waals surface area contributed by atoms with Crippen LogP contribution in [0.3, 0.4) is 0 Å². The number of halogens is 2. The summed E-state index contributed by atoms with van der Waals surface area (Å²) in [6, 6.07) is 21.7. The normalized spacial score (nSPS) is 12.4. The SMILES string of the molecule is O=C(Nc1ccc(-c2ccccc2Cl)cn1)c1ccc(Oc2cc3c(cc2Cl)CCCO3)cc1. The minimum atomic E-state index is -0.273. The van der Waals surface area contributed by atoms with Gasteiger partial charge in [0, 0.05) is 34.0 Å². The number of rotatable bonds is 5. The molecular formula is C27H20Cl2N2O3. The van der Waals surface area contributed by atoms with Gasteiger partial charge < -0.3 is 14.8 Å². The molecule has 1 aromatic heterocycles. The molecule has 0 saturated heterocycles. The summed E-state index contributed by atoms with van der Waals surface area (Å²) in [5.41, 5.74) is 3.32. The molecule has 3 aromatic carbocycles. The van der Waals surface area contributed by atoms with Crippen LogP contribution in [-0.2, 0) is 6.42 Å². The summed E-state index contributed by atoms with van der Waals surface area (Å²) in [4.78, 5) is 17.0. The molecule has 5 rings (SSSR count). The first-order valence-electron chi connectivity index (χ1n) is 10.8. The van der Waals surface area contributed by atoms with E-state index < -0.39 is 0 Å². The standard InChI is InChI=1S/C27H20Cl2N2O3/c28-22-6-2-1-5-21(22)19-9-12-26(30-16-19)31-27(32)17-7-10-20(11-8-17)34-25-15-24-18(14-23(25)29)4-3-13-33-24/h1-2,5-12,14-16H,3-4,13H2,(H,30,31,32). The Morgan fingerprint density at radius 2 is 1.79 bits per heavy atom. The average Bonchev–Trinajstić information content (AvgIpc) is 2.86. The van der Waals surface area contributed by atoms with Gasteiger partial charge in [0.15, 0.2) is 0 Å². The third-order valence-electron chi connectivity index (χ3n) is 5.50. The van der Waals surface area contributed by atoms with Crippen molar-refractivity contribution < 1.29 is 14.3 Å². The molecule has 1 N–H and O–H groups in total. The average molecular weight is 491 g/mol. The Morgan fingerprint density at radius 1 is 0.971 bits per heavy atom. The quantitative estimate of drug-likeness (QED) is 0.316. The molecule has 7 heteroatoms. The predicted molar refractivity (Wildman–Crippen MR) is 134 cm³/mol. The molecule has 5 nitrogen and oxygen atoms in total. The summed E-state index contributed by atoms with van der Waals surface area (Å²) in [6.07, 6.45) is 3.60. The minimum Gasteiger partial charge on any atom is -0.493 e. The summed E-state index contributed by atoms with van der Waals surface area (Å²) >= 11 is 12.6. The topological polar surface area (TPSA) is 60.5 Å². The van der Waals surface area contributed by atoms with E-state index in [4.69, 9.17) is 32.7 Å². The number of aryl methyl sites for hydroxylation is 1. The second kappa shape index (κ2) is 9.75. The molecule has 170 valence electrons. The van der Waals surface area contributed by atoms with Crippen molar-refractivity contribution in [1.82, 2.24) is 4.98 Å². The van der Waals surface area contributed by atoms with Gasteiger partial charge in [0.25, 0.3) is 5.91 Å². The van der Waals surface area contributed by atoms with Gasteiger partial charge in [-0.05, 0) is 66.9 Å². The molecular weight excluding hydrogens is 471 g/mol. The Kier molecular flexibility index (Phi) is 6.39. The highest BCUT2D eigenvalue weighted by Gasteiger charge is 2.15. The molecule has 0 saturated carbocycles. The van der Waals surface area contributed by atoms with Gasteiger partial charge in [-0.3, -0.25) is 4.79 Å². The van der Waals surface area contributed by atoms with Crippen molar-refractivity contribution in [3.63, 3.8) is 0 Å². The van der Waals surface area contributed by atoms with Gasteiger partial charge in [0.05, 0.1) is 11.6 Å². The number of nitrogens with zero attached hydrogens (tertiary/aromatic N) is 1. The minimum absolute atomic E-state index is 0.273. The number of aromatic nitrogens is 1. The number of amides is 1. The fraction of sp³-hybridized carbons (Fsp3) is 0.111. The van der Waals surface area contributed by atoms with E-state index in [2.05, 4.69) is 10.3 Å². The molecule has 0 unspecified atom stereocenters. The summed E-state index contributed by atoms with van der Waals surface area (Å²) in [5.74, 6) is 2.06. The first kappa shape index (κ1) is 22.3. The molecule has 34 heavy (non-hydrogen) atoms. The number of fused-ring (bicyclic) bond motifs is 1. The molecule has 0 atom stereocenters. The molecule has 1 amide bonds. The Hall–Kier alpha value is -3.54. The molecule has 4 aromatic rings. The number of hydrogen-bond acceptors (Lipinski definition) is 4. The number of carbonyl (C=O) groups excluding carboxylic acids is 1. The van der Waals surface area contributed by atoms with E-state index in [1.54, 1.807) is 36.5 Å². The van der Waals surface area contributed by atoms with E-state index in [1.165, 1.54) is 0 Å². The Morgan fingerprint density at radius 3 is 2.56 bits per heavy atom. The van der Waals surface area contributed by atoms with Gasteiger partial charge in [0.1, 0.15) is 23.1 Å². The molecule has 0 spiro atoms. The van der Waals surface area contributed by atoms with Crippen LogP contribution in [0.2, 0.25) is 10.0 Å². The van der Waals surface area contributed by atoms with Gasteiger partial charge in [0.2, 0.25) is 0 Å². The number of ether oxygens (including phenoxy) is 2. The van der Waals surface area contributed by atoms with Crippen LogP contribution in [-0.4, -0.2) is 17.5 Å². The fourth-order valence-corrected chi connectivity index (χ4v) is 4.21. The lowest BCUT2D eigenvalue weighted by Crippen LogP contribution is -2.12. The molecule has 0 aliphatic carbocycles. The van der Waals surface area contributed by atoms with Crippen molar-refractivity contribution in [2.24, 2.45) is 0 Å². The number of benzene rings is 3. The van der Waals surface area contributed by atoms with Crippen molar-refractivity contribution in [2.75, 3.05) is 11.9 Å². The first-order valence-corrected chi connectivity index (χ1v) is 11.6. The molecule has 1 aliphatic heterocycles. The Balaban J connectivity index is 1.25.